The fourth-order valence-electron chi connectivity index (χ4n) is 2.72. The molecule has 1 aliphatic rings. The van der Waals surface area contributed by atoms with E-state index in [2.05, 4.69) is 40.0 Å². The summed E-state index contributed by atoms with van der Waals surface area (Å²) in [6.45, 7) is 8.02. The molecule has 1 aliphatic heterocycles. The lowest BCUT2D eigenvalue weighted by molar-refractivity contribution is -0.122. The molecule has 116 valence electrons. The average Bonchev–Trinajstić information content (AvgIpc) is 2.41. The summed E-state index contributed by atoms with van der Waals surface area (Å²) in [7, 11) is 0. The minimum Gasteiger partial charge on any atom is -0.327 e. The van der Waals surface area contributed by atoms with Crippen molar-refractivity contribution in [2.75, 3.05) is 18.4 Å². The van der Waals surface area contributed by atoms with Crippen LogP contribution in [0.25, 0.3) is 0 Å². The second-order valence-electron chi connectivity index (χ2n) is 6.53. The first kappa shape index (κ1) is 16.5. The van der Waals surface area contributed by atoms with Crippen molar-refractivity contribution in [2.24, 2.45) is 11.1 Å². The van der Waals surface area contributed by atoms with E-state index in [0.29, 0.717) is 0 Å². The zero-order valence-corrected chi connectivity index (χ0v) is 14.5. The molecule has 2 unspecified atom stereocenters. The van der Waals surface area contributed by atoms with Crippen molar-refractivity contribution in [3.05, 3.63) is 28.7 Å². The Morgan fingerprint density at radius 2 is 2.24 bits per heavy atom. The third-order valence-corrected chi connectivity index (χ3v) is 4.85. The molecule has 1 aromatic carbocycles. The second kappa shape index (κ2) is 6.46. The largest absolute Gasteiger partial charge is 0.327 e. The van der Waals surface area contributed by atoms with Crippen molar-refractivity contribution in [1.82, 2.24) is 4.90 Å². The molecule has 5 heteroatoms. The van der Waals surface area contributed by atoms with Gasteiger partial charge < -0.3 is 11.1 Å². The number of piperidine rings is 1. The van der Waals surface area contributed by atoms with Gasteiger partial charge in [-0.05, 0) is 37.0 Å². The summed E-state index contributed by atoms with van der Waals surface area (Å²) in [6, 6.07) is 7.69. The summed E-state index contributed by atoms with van der Waals surface area (Å²) < 4.78 is 0.957. The summed E-state index contributed by atoms with van der Waals surface area (Å²) in [5.41, 5.74) is 7.02. The van der Waals surface area contributed by atoms with E-state index in [4.69, 9.17) is 5.73 Å². The molecule has 0 radical (unpaired) electrons. The molecule has 1 fully saturated rings. The minimum atomic E-state index is -0.157. The highest BCUT2D eigenvalue weighted by molar-refractivity contribution is 9.10. The number of halogens is 1. The van der Waals surface area contributed by atoms with Gasteiger partial charge in [-0.2, -0.15) is 0 Å². The molecule has 0 aliphatic carbocycles. The van der Waals surface area contributed by atoms with E-state index in [-0.39, 0.29) is 23.4 Å². The molecule has 21 heavy (non-hydrogen) atoms. The van der Waals surface area contributed by atoms with Crippen LogP contribution in [0.15, 0.2) is 28.7 Å². The fraction of sp³-hybridized carbons (Fsp3) is 0.562. The van der Waals surface area contributed by atoms with Crippen LogP contribution in [0.2, 0.25) is 0 Å². The maximum Gasteiger partial charge on any atom is 0.241 e. The van der Waals surface area contributed by atoms with Crippen molar-refractivity contribution in [1.29, 1.82) is 0 Å². The summed E-state index contributed by atoms with van der Waals surface area (Å²) in [6.07, 6.45) is 0.932. The van der Waals surface area contributed by atoms with E-state index >= 15 is 0 Å². The van der Waals surface area contributed by atoms with E-state index in [1.54, 1.807) is 0 Å². The van der Waals surface area contributed by atoms with Crippen LogP contribution in [0.3, 0.4) is 0 Å². The zero-order chi connectivity index (χ0) is 15.6. The van der Waals surface area contributed by atoms with Crippen LogP contribution in [0.4, 0.5) is 5.69 Å². The highest BCUT2D eigenvalue weighted by atomic mass is 79.9. The number of anilines is 1. The number of nitrogens with zero attached hydrogens (tertiary/aromatic N) is 1. The number of benzene rings is 1. The van der Waals surface area contributed by atoms with Crippen molar-refractivity contribution in [2.45, 2.75) is 39.3 Å². The maximum atomic E-state index is 12.4. The predicted molar refractivity (Wildman–Crippen MR) is 90.2 cm³/mol. The monoisotopic (exact) mass is 353 g/mol. The Labute approximate surface area is 135 Å². The molecule has 2 rings (SSSR count). The van der Waals surface area contributed by atoms with Crippen LogP contribution in [0.5, 0.6) is 0 Å². The number of amides is 1. The third-order valence-electron chi connectivity index (χ3n) is 4.36. The van der Waals surface area contributed by atoms with Crippen LogP contribution in [-0.2, 0) is 4.79 Å². The first-order valence-electron chi connectivity index (χ1n) is 7.35. The number of likely N-dealkylation sites (tertiary alicyclic amines) is 1. The lowest BCUT2D eigenvalue weighted by Crippen LogP contribution is -2.56. The summed E-state index contributed by atoms with van der Waals surface area (Å²) in [5.74, 6) is 0.0272. The van der Waals surface area contributed by atoms with Gasteiger partial charge in [-0.25, -0.2) is 0 Å². The van der Waals surface area contributed by atoms with Crippen molar-refractivity contribution < 1.29 is 4.79 Å². The number of hydrogen-bond donors (Lipinski definition) is 2. The Balaban J connectivity index is 1.99. The number of rotatable bonds is 3. The van der Waals surface area contributed by atoms with Gasteiger partial charge in [0.25, 0.3) is 0 Å². The summed E-state index contributed by atoms with van der Waals surface area (Å²) >= 11 is 3.41. The molecule has 1 heterocycles. The quantitative estimate of drug-likeness (QED) is 0.878. The van der Waals surface area contributed by atoms with Crippen molar-refractivity contribution in [3.8, 4) is 0 Å². The number of nitrogens with two attached hydrogens (primary N) is 1. The van der Waals surface area contributed by atoms with Gasteiger partial charge in [-0.15, -0.1) is 0 Å². The Hall–Kier alpha value is -0.910. The highest BCUT2D eigenvalue weighted by Crippen LogP contribution is 2.29. The third kappa shape index (κ3) is 4.05. The predicted octanol–water partition coefficient (Wildman–Crippen LogP) is 2.84. The number of nitrogens with one attached hydrogen (secondary N) is 1. The lowest BCUT2D eigenvalue weighted by Gasteiger charge is -2.44. The molecule has 0 aromatic heterocycles. The Bertz CT molecular complexity index is 518. The van der Waals surface area contributed by atoms with Gasteiger partial charge in [0.1, 0.15) is 0 Å². The SMILES string of the molecule is CC(C(=O)Nc1cccc(Br)c1)N1CCC(N)C(C)(C)C1. The molecule has 4 nitrogen and oxygen atoms in total. The average molecular weight is 354 g/mol. The van der Waals surface area contributed by atoms with Gasteiger partial charge in [0.05, 0.1) is 6.04 Å². The van der Waals surface area contributed by atoms with Gasteiger partial charge in [0.2, 0.25) is 5.91 Å². The number of hydrogen-bond acceptors (Lipinski definition) is 3. The molecule has 2 atom stereocenters. The highest BCUT2D eigenvalue weighted by Gasteiger charge is 2.36. The molecule has 1 amide bonds. The Kier molecular flexibility index (Phi) is 5.07. The standard InChI is InChI=1S/C16H24BrN3O/c1-11(20-8-7-14(18)16(2,3)10-20)15(21)19-13-6-4-5-12(17)9-13/h4-6,9,11,14H,7-8,10,18H2,1-3H3,(H,19,21). The molecule has 1 saturated heterocycles. The van der Waals surface area contributed by atoms with Crippen LogP contribution >= 0.6 is 15.9 Å². The van der Waals surface area contributed by atoms with Crippen LogP contribution < -0.4 is 11.1 Å². The first-order chi connectivity index (χ1) is 9.79. The number of carbonyl (C=O) groups is 1. The fourth-order valence-corrected chi connectivity index (χ4v) is 3.12. The van der Waals surface area contributed by atoms with Crippen molar-refractivity contribution in [3.63, 3.8) is 0 Å². The van der Waals surface area contributed by atoms with Gasteiger partial charge >= 0.3 is 0 Å². The van der Waals surface area contributed by atoms with Crippen LogP contribution in [-0.4, -0.2) is 36.0 Å². The van der Waals surface area contributed by atoms with E-state index in [1.165, 1.54) is 0 Å². The smallest absolute Gasteiger partial charge is 0.241 e. The van der Waals surface area contributed by atoms with Gasteiger partial charge in [-0.3, -0.25) is 9.69 Å². The van der Waals surface area contributed by atoms with Crippen LogP contribution in [0, 0.1) is 5.41 Å². The molecule has 3 N–H and O–H groups in total. The minimum absolute atomic E-state index is 0.0272. The van der Waals surface area contributed by atoms with E-state index in [9.17, 15) is 4.79 Å². The van der Waals surface area contributed by atoms with Crippen LogP contribution in [0.1, 0.15) is 27.2 Å². The molecule has 0 bridgehead atoms. The zero-order valence-electron chi connectivity index (χ0n) is 12.9. The van der Waals surface area contributed by atoms with Gasteiger partial charge in [0, 0.05) is 29.3 Å². The maximum absolute atomic E-state index is 12.4. The van der Waals surface area contributed by atoms with Crippen molar-refractivity contribution >= 4 is 27.5 Å². The van der Waals surface area contributed by atoms with E-state index in [1.807, 2.05) is 31.2 Å². The Morgan fingerprint density at radius 3 is 2.86 bits per heavy atom. The molecule has 1 aromatic rings. The first-order valence-corrected chi connectivity index (χ1v) is 8.15. The summed E-state index contributed by atoms with van der Waals surface area (Å²) in [5, 5.41) is 2.98. The second-order valence-corrected chi connectivity index (χ2v) is 7.45. The lowest BCUT2D eigenvalue weighted by atomic mass is 9.79. The molecular formula is C16H24BrN3O. The molecule has 0 spiro atoms. The number of carbonyl (C=O) groups excluding carboxylic acids is 1. The molecular weight excluding hydrogens is 330 g/mol. The summed E-state index contributed by atoms with van der Waals surface area (Å²) in [4.78, 5) is 14.6. The van der Waals surface area contributed by atoms with Gasteiger partial charge in [-0.1, -0.05) is 35.8 Å². The topological polar surface area (TPSA) is 58.4 Å². The van der Waals surface area contributed by atoms with E-state index < -0.39 is 0 Å². The Morgan fingerprint density at radius 1 is 1.52 bits per heavy atom. The molecule has 0 saturated carbocycles. The normalized spacial score (nSPS) is 23.6. The van der Waals surface area contributed by atoms with Gasteiger partial charge in [0.15, 0.2) is 0 Å². The van der Waals surface area contributed by atoms with E-state index in [0.717, 1.165) is 29.7 Å².